The van der Waals surface area contributed by atoms with E-state index in [0.29, 0.717) is 5.69 Å². The van der Waals surface area contributed by atoms with Crippen LogP contribution in [0.4, 0.5) is 5.69 Å². The summed E-state index contributed by atoms with van der Waals surface area (Å²) >= 11 is 0. The van der Waals surface area contributed by atoms with Gasteiger partial charge in [0.25, 0.3) is 0 Å². The van der Waals surface area contributed by atoms with E-state index in [0.717, 1.165) is 6.42 Å². The van der Waals surface area contributed by atoms with Crippen LogP contribution in [0, 0.1) is 68.9 Å². The van der Waals surface area contributed by atoms with Crippen LogP contribution in [0.3, 0.4) is 0 Å². The SMILES string of the molecule is C[c-]1[c-](C)[c-](C)[c-](C)[c-]1C.[CH-]=CC[c-]1c(C)c(C)c(C)c1C.[NH-]c1ccccc1.[Ti]. The first-order valence-electron chi connectivity index (χ1n) is 10.3. The first-order chi connectivity index (χ1) is 13.5. The maximum absolute atomic E-state index is 7.00. The molecule has 30 heavy (non-hydrogen) atoms. The molecule has 0 unspecified atom stereocenters. The molecule has 1 nitrogen and oxygen atoms in total. The molecule has 3 rings (SSSR count). The summed E-state index contributed by atoms with van der Waals surface area (Å²) in [6.45, 7) is 25.1. The summed E-state index contributed by atoms with van der Waals surface area (Å²) in [5.74, 6) is 0. The fourth-order valence-corrected chi connectivity index (χ4v) is 3.56. The van der Waals surface area contributed by atoms with Gasteiger partial charge in [-0.1, -0.05) is 64.4 Å². The molecule has 0 bridgehead atoms. The van der Waals surface area contributed by atoms with Crippen LogP contribution in [0.2, 0.25) is 0 Å². The van der Waals surface area contributed by atoms with Gasteiger partial charge >= 0.3 is 0 Å². The van der Waals surface area contributed by atoms with Crippen molar-refractivity contribution in [3.8, 4) is 0 Å². The minimum Gasteiger partial charge on any atom is -0.731 e. The van der Waals surface area contributed by atoms with Crippen LogP contribution in [-0.2, 0) is 28.1 Å². The van der Waals surface area contributed by atoms with Crippen LogP contribution >= 0.6 is 0 Å². The maximum atomic E-state index is 7.00. The number of hydrogen-bond donors (Lipinski definition) is 0. The van der Waals surface area contributed by atoms with Gasteiger partial charge < -0.3 is 40.1 Å². The molecular formula is C28H37NTi-8. The van der Waals surface area contributed by atoms with Gasteiger partial charge in [0.2, 0.25) is 0 Å². The van der Waals surface area contributed by atoms with E-state index in [-0.39, 0.29) is 21.7 Å². The van der Waals surface area contributed by atoms with Gasteiger partial charge in [-0.25, -0.2) is 34.6 Å². The molecule has 0 saturated heterocycles. The van der Waals surface area contributed by atoms with Crippen molar-refractivity contribution in [3.63, 3.8) is 0 Å². The van der Waals surface area contributed by atoms with Crippen molar-refractivity contribution in [1.82, 2.24) is 0 Å². The molecule has 3 aromatic rings. The van der Waals surface area contributed by atoms with Crippen molar-refractivity contribution < 1.29 is 21.7 Å². The van der Waals surface area contributed by atoms with E-state index in [1.807, 2.05) is 18.2 Å². The minimum absolute atomic E-state index is 0. The summed E-state index contributed by atoms with van der Waals surface area (Å²) in [4.78, 5) is 0. The average Bonchev–Trinajstić information content (AvgIpc) is 3.00. The normalized spacial score (nSPS) is 9.63. The van der Waals surface area contributed by atoms with Gasteiger partial charge in [-0.2, -0.15) is 27.8 Å². The molecule has 0 aromatic heterocycles. The fraction of sp³-hybridized carbons (Fsp3) is 0.357. The number of allylic oxidation sites excluding steroid dienone is 1. The monoisotopic (exact) mass is 435 g/mol. The molecule has 0 aliphatic heterocycles. The zero-order chi connectivity index (χ0) is 22.3. The van der Waals surface area contributed by atoms with Gasteiger partial charge in [0, 0.05) is 21.7 Å². The zero-order valence-corrected chi connectivity index (χ0v) is 21.8. The van der Waals surface area contributed by atoms with Gasteiger partial charge in [0.15, 0.2) is 0 Å². The summed E-state index contributed by atoms with van der Waals surface area (Å²) in [7, 11) is 0. The van der Waals surface area contributed by atoms with E-state index >= 15 is 0 Å². The largest absolute Gasteiger partial charge is 0.731 e. The second kappa shape index (κ2) is 12.8. The Hall–Kier alpha value is -1.83. The van der Waals surface area contributed by atoms with Crippen molar-refractivity contribution >= 4 is 5.69 Å². The van der Waals surface area contributed by atoms with Crippen molar-refractivity contribution in [1.29, 1.82) is 0 Å². The van der Waals surface area contributed by atoms with Crippen molar-refractivity contribution in [3.05, 3.63) is 104 Å². The van der Waals surface area contributed by atoms with Crippen LogP contribution in [0.25, 0.3) is 5.73 Å². The maximum Gasteiger partial charge on any atom is 0 e. The molecule has 0 atom stereocenters. The van der Waals surface area contributed by atoms with Gasteiger partial charge in [-0.15, -0.1) is 5.69 Å². The third-order valence-electron chi connectivity index (χ3n) is 6.50. The molecule has 0 spiro atoms. The fourth-order valence-electron chi connectivity index (χ4n) is 3.56. The first kappa shape index (κ1) is 28.2. The van der Waals surface area contributed by atoms with E-state index in [9.17, 15) is 0 Å². The average molecular weight is 435 g/mol. The van der Waals surface area contributed by atoms with Crippen molar-refractivity contribution in [2.45, 2.75) is 68.7 Å². The summed E-state index contributed by atoms with van der Waals surface area (Å²) in [6.07, 6.45) is 2.63. The Balaban J connectivity index is 0.000000427. The molecule has 0 fully saturated rings. The van der Waals surface area contributed by atoms with Gasteiger partial charge in [0.05, 0.1) is 0 Å². The second-order valence-electron chi connectivity index (χ2n) is 7.91. The van der Waals surface area contributed by atoms with Gasteiger partial charge in [0.1, 0.15) is 0 Å². The topological polar surface area (TPSA) is 23.8 Å². The summed E-state index contributed by atoms with van der Waals surface area (Å²) in [5, 5.41) is 0. The molecule has 0 amide bonds. The Labute approximate surface area is 200 Å². The quantitative estimate of drug-likeness (QED) is 0.285. The van der Waals surface area contributed by atoms with Crippen molar-refractivity contribution in [2.75, 3.05) is 0 Å². The van der Waals surface area contributed by atoms with E-state index < -0.39 is 0 Å². The molecule has 0 radical (unpaired) electrons. The van der Waals surface area contributed by atoms with E-state index in [1.165, 1.54) is 55.6 Å². The number of rotatable bonds is 2. The molecule has 0 aliphatic carbocycles. The first-order valence-corrected chi connectivity index (χ1v) is 10.3. The minimum atomic E-state index is 0. The van der Waals surface area contributed by atoms with Crippen LogP contribution < -0.4 is 0 Å². The van der Waals surface area contributed by atoms with E-state index in [1.54, 1.807) is 18.2 Å². The third kappa shape index (κ3) is 6.86. The van der Waals surface area contributed by atoms with Gasteiger partial charge in [-0.3, -0.25) is 6.08 Å². The zero-order valence-electron chi connectivity index (χ0n) is 20.2. The molecule has 0 saturated carbocycles. The summed E-state index contributed by atoms with van der Waals surface area (Å²) < 4.78 is 0. The number of benzene rings is 1. The Kier molecular flexibility index (Phi) is 12.0. The Morgan fingerprint density at radius 2 is 1.07 bits per heavy atom. The summed E-state index contributed by atoms with van der Waals surface area (Å²) in [5.41, 5.74) is 22.0. The van der Waals surface area contributed by atoms with Crippen LogP contribution in [-0.4, -0.2) is 0 Å². The van der Waals surface area contributed by atoms with E-state index in [2.05, 4.69) is 62.3 Å². The molecule has 0 aliphatic rings. The third-order valence-corrected chi connectivity index (χ3v) is 6.50. The predicted octanol–water partition coefficient (Wildman–Crippen LogP) is 8.49. The smallest absolute Gasteiger partial charge is 0 e. The molecule has 3 aromatic carbocycles. The van der Waals surface area contributed by atoms with Crippen LogP contribution in [0.1, 0.15) is 55.6 Å². The number of nitrogens with one attached hydrogen (secondary N) is 1. The molecule has 166 valence electrons. The Morgan fingerprint density at radius 3 is 1.30 bits per heavy atom. The second-order valence-corrected chi connectivity index (χ2v) is 7.91. The van der Waals surface area contributed by atoms with Crippen LogP contribution in [0.5, 0.6) is 0 Å². The van der Waals surface area contributed by atoms with Gasteiger partial charge in [-0.05, 0) is 0 Å². The Bertz CT molecular complexity index is 834. The number of hydrogen-bond acceptors (Lipinski definition) is 0. The predicted molar refractivity (Wildman–Crippen MR) is 130 cm³/mol. The molecule has 2 heteroatoms. The van der Waals surface area contributed by atoms with Crippen molar-refractivity contribution in [2.24, 2.45) is 0 Å². The summed E-state index contributed by atoms with van der Waals surface area (Å²) in [6, 6.07) is 9.10. The Morgan fingerprint density at radius 1 is 0.733 bits per heavy atom. The molecule has 0 heterocycles. The standard InChI is InChI=1S/C12H16.C10H15.C6H6N.Ti/c1-6-7-12-10(4)8(2)9(3)11(12)5;1-6-7(2)9(4)10(5)8(6)3;7-6-4-2-1-3-5-6;/h1,6H,7H2,2-5H3;1-5H3;1-5,7H;/q-2;-5;-1;. The van der Waals surface area contributed by atoms with E-state index in [4.69, 9.17) is 12.3 Å². The molecule has 1 N–H and O–H groups in total. The molecular weight excluding hydrogens is 398 g/mol. The van der Waals surface area contributed by atoms with Crippen LogP contribution in [0.15, 0.2) is 36.4 Å².